The van der Waals surface area contributed by atoms with E-state index < -0.39 is 0 Å². The molecular formula is C26H21N3O. The van der Waals surface area contributed by atoms with Gasteiger partial charge < -0.3 is 9.32 Å². The summed E-state index contributed by atoms with van der Waals surface area (Å²) in [6.45, 7) is 1.90. The molecule has 6 rings (SSSR count). The molecule has 0 saturated carbocycles. The molecular weight excluding hydrogens is 370 g/mol. The zero-order valence-corrected chi connectivity index (χ0v) is 16.7. The van der Waals surface area contributed by atoms with Crippen LogP contribution in [-0.4, -0.2) is 28.5 Å². The number of furan rings is 1. The quantitative estimate of drug-likeness (QED) is 0.392. The van der Waals surface area contributed by atoms with Crippen LogP contribution >= 0.6 is 0 Å². The number of hydrogen-bond acceptors (Lipinski definition) is 4. The van der Waals surface area contributed by atoms with Gasteiger partial charge in [-0.15, -0.1) is 0 Å². The van der Waals surface area contributed by atoms with Crippen LogP contribution in [0.5, 0.6) is 0 Å². The topological polar surface area (TPSA) is 42.2 Å². The number of rotatable bonds is 2. The van der Waals surface area contributed by atoms with E-state index in [1.165, 1.54) is 22.3 Å². The van der Waals surface area contributed by atoms with Gasteiger partial charge in [0.15, 0.2) is 0 Å². The minimum absolute atomic E-state index is 0.241. The molecule has 2 aromatic heterocycles. The minimum atomic E-state index is 0.241. The van der Waals surface area contributed by atoms with Gasteiger partial charge in [0, 0.05) is 30.1 Å². The molecule has 0 N–H and O–H groups in total. The number of fused-ring (bicyclic) bond motifs is 3. The van der Waals surface area contributed by atoms with Crippen LogP contribution in [0.25, 0.3) is 33.0 Å². The van der Waals surface area contributed by atoms with Crippen molar-refractivity contribution in [2.24, 2.45) is 0 Å². The molecule has 4 nitrogen and oxygen atoms in total. The van der Waals surface area contributed by atoms with Crippen LogP contribution in [0.1, 0.15) is 22.8 Å². The van der Waals surface area contributed by atoms with Crippen molar-refractivity contribution in [1.82, 2.24) is 14.9 Å². The fourth-order valence-corrected chi connectivity index (χ4v) is 4.61. The van der Waals surface area contributed by atoms with E-state index in [0.29, 0.717) is 0 Å². The number of hydrogen-bond donors (Lipinski definition) is 0. The van der Waals surface area contributed by atoms with E-state index in [-0.39, 0.29) is 5.92 Å². The van der Waals surface area contributed by atoms with Crippen molar-refractivity contribution >= 4 is 21.9 Å². The minimum Gasteiger partial charge on any atom is -0.460 e. The van der Waals surface area contributed by atoms with E-state index in [2.05, 4.69) is 76.5 Å². The maximum atomic E-state index is 6.24. The fourth-order valence-electron chi connectivity index (χ4n) is 4.61. The second-order valence-corrected chi connectivity index (χ2v) is 8.15. The summed E-state index contributed by atoms with van der Waals surface area (Å²) in [4.78, 5) is 10.9. The number of para-hydroxylation sites is 1. The Hall–Kier alpha value is -3.50. The van der Waals surface area contributed by atoms with Crippen LogP contribution in [0.15, 0.2) is 83.7 Å². The summed E-state index contributed by atoms with van der Waals surface area (Å²) >= 11 is 0. The lowest BCUT2D eigenvalue weighted by atomic mass is 9.86. The summed E-state index contributed by atoms with van der Waals surface area (Å²) in [6, 6.07) is 23.6. The molecule has 30 heavy (non-hydrogen) atoms. The normalized spacial score (nSPS) is 16.8. The monoisotopic (exact) mass is 391 g/mol. The zero-order chi connectivity index (χ0) is 20.1. The average Bonchev–Trinajstić information content (AvgIpc) is 3.22. The van der Waals surface area contributed by atoms with Crippen molar-refractivity contribution in [2.45, 2.75) is 12.5 Å². The van der Waals surface area contributed by atoms with E-state index in [1.54, 1.807) is 6.33 Å². The van der Waals surface area contributed by atoms with Crippen LogP contribution in [0.4, 0.5) is 0 Å². The SMILES string of the molecule is CN1Cc2cc(-c3ccc4ncncc4c3)ccc2C(c2cc3ccccc3o2)C1. The van der Waals surface area contributed by atoms with E-state index >= 15 is 0 Å². The summed E-state index contributed by atoms with van der Waals surface area (Å²) in [6.07, 6.45) is 3.46. The molecule has 3 heterocycles. The summed E-state index contributed by atoms with van der Waals surface area (Å²) in [5.74, 6) is 1.28. The zero-order valence-electron chi connectivity index (χ0n) is 16.7. The van der Waals surface area contributed by atoms with Crippen LogP contribution in [0.2, 0.25) is 0 Å². The third kappa shape index (κ3) is 2.88. The number of nitrogens with zero attached hydrogens (tertiary/aromatic N) is 3. The summed E-state index contributed by atoms with van der Waals surface area (Å²) in [5, 5.41) is 2.22. The van der Waals surface area contributed by atoms with Gasteiger partial charge in [-0.1, -0.05) is 36.4 Å². The highest BCUT2D eigenvalue weighted by Crippen LogP contribution is 2.37. The predicted octanol–water partition coefficient (Wildman–Crippen LogP) is 5.62. The molecule has 0 fully saturated rings. The van der Waals surface area contributed by atoms with E-state index in [4.69, 9.17) is 4.42 Å². The van der Waals surface area contributed by atoms with Gasteiger partial charge in [-0.05, 0) is 59.6 Å². The fraction of sp³-hybridized carbons (Fsp3) is 0.154. The standard InChI is InChI=1S/C26H21N3O/c1-29-14-21-11-17(18-7-9-24-20(10-18)13-27-16-28-24)6-8-22(21)23(15-29)26-12-19-4-2-3-5-25(19)30-26/h2-13,16,23H,14-15H2,1H3. The third-order valence-corrected chi connectivity index (χ3v) is 6.08. The maximum absolute atomic E-state index is 6.24. The van der Waals surface area contributed by atoms with Gasteiger partial charge in [0.25, 0.3) is 0 Å². The lowest BCUT2D eigenvalue weighted by molar-refractivity contribution is 0.282. The summed E-state index contributed by atoms with van der Waals surface area (Å²) < 4.78 is 6.24. The Morgan fingerprint density at radius 1 is 0.933 bits per heavy atom. The van der Waals surface area contributed by atoms with Crippen molar-refractivity contribution < 1.29 is 4.42 Å². The number of aromatic nitrogens is 2. The molecule has 1 unspecified atom stereocenters. The van der Waals surface area contributed by atoms with Crippen molar-refractivity contribution in [3.05, 3.63) is 96.1 Å². The van der Waals surface area contributed by atoms with E-state index in [9.17, 15) is 0 Å². The molecule has 4 heteroatoms. The molecule has 3 aromatic carbocycles. The lowest BCUT2D eigenvalue weighted by Crippen LogP contribution is -2.30. The van der Waals surface area contributed by atoms with Crippen LogP contribution in [-0.2, 0) is 6.54 Å². The van der Waals surface area contributed by atoms with Crippen LogP contribution in [0.3, 0.4) is 0 Å². The van der Waals surface area contributed by atoms with Crippen molar-refractivity contribution in [1.29, 1.82) is 0 Å². The highest BCUT2D eigenvalue weighted by atomic mass is 16.3. The molecule has 0 spiro atoms. The van der Waals surface area contributed by atoms with Crippen molar-refractivity contribution in [2.75, 3.05) is 13.6 Å². The number of benzene rings is 3. The maximum Gasteiger partial charge on any atom is 0.134 e. The first-order valence-corrected chi connectivity index (χ1v) is 10.2. The lowest BCUT2D eigenvalue weighted by Gasteiger charge is -2.31. The summed E-state index contributed by atoms with van der Waals surface area (Å²) in [5.41, 5.74) is 7.05. The molecule has 1 atom stereocenters. The second kappa shape index (κ2) is 6.78. The molecule has 0 radical (unpaired) electrons. The van der Waals surface area contributed by atoms with Gasteiger partial charge >= 0.3 is 0 Å². The van der Waals surface area contributed by atoms with E-state index in [1.807, 2.05) is 18.3 Å². The van der Waals surface area contributed by atoms with Gasteiger partial charge in [-0.25, -0.2) is 9.97 Å². The first-order valence-electron chi connectivity index (χ1n) is 10.2. The van der Waals surface area contributed by atoms with Crippen molar-refractivity contribution in [3.8, 4) is 11.1 Å². The van der Waals surface area contributed by atoms with Gasteiger partial charge in [-0.3, -0.25) is 0 Å². The van der Waals surface area contributed by atoms with Crippen molar-refractivity contribution in [3.63, 3.8) is 0 Å². The average molecular weight is 391 g/mol. The van der Waals surface area contributed by atoms with Gasteiger partial charge in [0.1, 0.15) is 17.7 Å². The van der Waals surface area contributed by atoms with Crippen LogP contribution in [0, 0.1) is 0 Å². The van der Waals surface area contributed by atoms with Gasteiger partial charge in [-0.2, -0.15) is 0 Å². The Balaban J connectivity index is 1.43. The molecule has 0 amide bonds. The van der Waals surface area contributed by atoms with Crippen LogP contribution < -0.4 is 0 Å². The number of likely N-dealkylation sites (N-methyl/N-ethyl adjacent to an activating group) is 1. The largest absolute Gasteiger partial charge is 0.460 e. The Labute approximate surface area is 174 Å². The Morgan fingerprint density at radius 3 is 2.73 bits per heavy atom. The highest BCUT2D eigenvalue weighted by Gasteiger charge is 2.27. The highest BCUT2D eigenvalue weighted by molar-refractivity contribution is 5.84. The van der Waals surface area contributed by atoms with Gasteiger partial charge in [0.2, 0.25) is 0 Å². The first-order chi connectivity index (χ1) is 14.7. The van der Waals surface area contributed by atoms with Gasteiger partial charge in [0.05, 0.1) is 11.4 Å². The first kappa shape index (κ1) is 17.4. The molecule has 0 saturated heterocycles. The molecule has 1 aliphatic rings. The summed E-state index contributed by atoms with van der Waals surface area (Å²) in [7, 11) is 2.18. The Bertz CT molecular complexity index is 1350. The molecule has 146 valence electrons. The molecule has 5 aromatic rings. The van der Waals surface area contributed by atoms with E-state index in [0.717, 1.165) is 40.7 Å². The molecule has 0 aliphatic carbocycles. The molecule has 1 aliphatic heterocycles. The predicted molar refractivity (Wildman–Crippen MR) is 119 cm³/mol. The second-order valence-electron chi connectivity index (χ2n) is 8.15. The third-order valence-electron chi connectivity index (χ3n) is 6.08. The smallest absolute Gasteiger partial charge is 0.134 e. The Morgan fingerprint density at radius 2 is 1.80 bits per heavy atom. The Kier molecular flexibility index (Phi) is 3.93. The molecule has 0 bridgehead atoms.